The number of rotatable bonds is 4. The van der Waals surface area contributed by atoms with Crippen molar-refractivity contribution in [3.63, 3.8) is 0 Å². The first kappa shape index (κ1) is 12.0. The molecule has 1 saturated heterocycles. The van der Waals surface area contributed by atoms with E-state index >= 15 is 0 Å². The van der Waals surface area contributed by atoms with Crippen molar-refractivity contribution in [1.29, 1.82) is 0 Å². The standard InChI is InChI=1S/C10H21NO2S/c1-2-3-10-14(12,13)11-8-6-4-5-7-9-11/h2-10H2,1H3. The van der Waals surface area contributed by atoms with Gasteiger partial charge in [0, 0.05) is 13.1 Å². The number of hydrogen-bond donors (Lipinski definition) is 0. The molecule has 4 heteroatoms. The van der Waals surface area contributed by atoms with Crippen molar-refractivity contribution in [2.75, 3.05) is 18.8 Å². The van der Waals surface area contributed by atoms with Crippen LogP contribution in [0.3, 0.4) is 0 Å². The van der Waals surface area contributed by atoms with Gasteiger partial charge in [0.1, 0.15) is 0 Å². The Hall–Kier alpha value is -0.0900. The van der Waals surface area contributed by atoms with Crippen LogP contribution in [-0.4, -0.2) is 31.6 Å². The molecule has 0 spiro atoms. The Balaban J connectivity index is 2.51. The van der Waals surface area contributed by atoms with Crippen LogP contribution in [0.1, 0.15) is 45.4 Å². The minimum atomic E-state index is -2.94. The summed E-state index contributed by atoms with van der Waals surface area (Å²) in [5.41, 5.74) is 0. The van der Waals surface area contributed by atoms with Gasteiger partial charge in [-0.25, -0.2) is 12.7 Å². The lowest BCUT2D eigenvalue weighted by Gasteiger charge is -2.19. The molecule has 0 N–H and O–H groups in total. The molecule has 14 heavy (non-hydrogen) atoms. The van der Waals surface area contributed by atoms with Gasteiger partial charge in [-0.2, -0.15) is 0 Å². The molecule has 1 aliphatic rings. The van der Waals surface area contributed by atoms with Gasteiger partial charge >= 0.3 is 0 Å². The third kappa shape index (κ3) is 3.58. The monoisotopic (exact) mass is 219 g/mol. The average Bonchev–Trinajstić information content (AvgIpc) is 2.43. The van der Waals surface area contributed by atoms with E-state index in [-0.39, 0.29) is 0 Å². The highest BCUT2D eigenvalue weighted by Crippen LogP contribution is 2.14. The first-order chi connectivity index (χ1) is 6.67. The lowest BCUT2D eigenvalue weighted by Crippen LogP contribution is -2.33. The second-order valence-corrected chi connectivity index (χ2v) is 6.07. The van der Waals surface area contributed by atoms with E-state index in [4.69, 9.17) is 0 Å². The van der Waals surface area contributed by atoms with E-state index in [1.54, 1.807) is 4.31 Å². The Morgan fingerprint density at radius 1 is 1.07 bits per heavy atom. The largest absolute Gasteiger partial charge is 0.214 e. The van der Waals surface area contributed by atoms with Crippen molar-refractivity contribution < 1.29 is 8.42 Å². The number of hydrogen-bond acceptors (Lipinski definition) is 2. The van der Waals surface area contributed by atoms with Crippen molar-refractivity contribution >= 4 is 10.0 Å². The van der Waals surface area contributed by atoms with Gasteiger partial charge < -0.3 is 0 Å². The second-order valence-electron chi connectivity index (χ2n) is 3.98. The number of sulfonamides is 1. The summed E-state index contributed by atoms with van der Waals surface area (Å²) < 4.78 is 25.3. The second kappa shape index (κ2) is 5.71. The molecule has 0 aliphatic carbocycles. The predicted molar refractivity (Wildman–Crippen MR) is 58.7 cm³/mol. The molecule has 1 heterocycles. The highest BCUT2D eigenvalue weighted by atomic mass is 32.2. The molecule has 84 valence electrons. The highest BCUT2D eigenvalue weighted by molar-refractivity contribution is 7.89. The smallest absolute Gasteiger partial charge is 0.212 e. The van der Waals surface area contributed by atoms with E-state index in [1.165, 1.54) is 12.8 Å². The minimum Gasteiger partial charge on any atom is -0.212 e. The molecule has 0 bridgehead atoms. The van der Waals surface area contributed by atoms with Crippen LogP contribution in [-0.2, 0) is 10.0 Å². The maximum absolute atomic E-state index is 11.8. The molecule has 1 fully saturated rings. The Kier molecular flexibility index (Phi) is 4.89. The van der Waals surface area contributed by atoms with Crippen molar-refractivity contribution in [3.05, 3.63) is 0 Å². The van der Waals surface area contributed by atoms with E-state index in [2.05, 4.69) is 0 Å². The Bertz CT molecular complexity index is 241. The van der Waals surface area contributed by atoms with Gasteiger partial charge in [0.15, 0.2) is 0 Å². The molecule has 3 nitrogen and oxygen atoms in total. The molecule has 0 aromatic carbocycles. The van der Waals surface area contributed by atoms with Gasteiger partial charge in [-0.05, 0) is 19.3 Å². The molecular weight excluding hydrogens is 198 g/mol. The van der Waals surface area contributed by atoms with Crippen molar-refractivity contribution in [3.8, 4) is 0 Å². The zero-order chi connectivity index (χ0) is 10.4. The van der Waals surface area contributed by atoms with Crippen LogP contribution in [0.2, 0.25) is 0 Å². The first-order valence-electron chi connectivity index (χ1n) is 5.64. The van der Waals surface area contributed by atoms with Crippen molar-refractivity contribution in [2.45, 2.75) is 45.4 Å². The fourth-order valence-corrected chi connectivity index (χ4v) is 3.50. The van der Waals surface area contributed by atoms with E-state index in [0.717, 1.165) is 38.8 Å². The molecule has 0 unspecified atom stereocenters. The van der Waals surface area contributed by atoms with E-state index in [0.29, 0.717) is 5.75 Å². The van der Waals surface area contributed by atoms with Crippen LogP contribution < -0.4 is 0 Å². The fraction of sp³-hybridized carbons (Fsp3) is 1.00. The molecule has 1 aliphatic heterocycles. The summed E-state index contributed by atoms with van der Waals surface area (Å²) in [6.45, 7) is 3.51. The predicted octanol–water partition coefficient (Wildman–Crippen LogP) is 1.99. The summed E-state index contributed by atoms with van der Waals surface area (Å²) in [4.78, 5) is 0. The zero-order valence-electron chi connectivity index (χ0n) is 9.04. The zero-order valence-corrected chi connectivity index (χ0v) is 9.85. The van der Waals surface area contributed by atoms with Crippen LogP contribution in [0.25, 0.3) is 0 Å². The normalized spacial score (nSPS) is 20.6. The van der Waals surface area contributed by atoms with E-state index < -0.39 is 10.0 Å². The summed E-state index contributed by atoms with van der Waals surface area (Å²) in [5.74, 6) is 0.337. The van der Waals surface area contributed by atoms with Crippen LogP contribution in [0, 0.1) is 0 Å². The van der Waals surface area contributed by atoms with Crippen LogP contribution >= 0.6 is 0 Å². The lowest BCUT2D eigenvalue weighted by molar-refractivity contribution is 0.422. The molecule has 0 amide bonds. The van der Waals surface area contributed by atoms with Crippen LogP contribution in [0.5, 0.6) is 0 Å². The summed E-state index contributed by atoms with van der Waals surface area (Å²) >= 11 is 0. The lowest BCUT2D eigenvalue weighted by atomic mass is 10.2. The van der Waals surface area contributed by atoms with Crippen LogP contribution in [0.15, 0.2) is 0 Å². The summed E-state index contributed by atoms with van der Waals surface area (Å²) in [6.07, 6.45) is 6.17. The van der Waals surface area contributed by atoms with Gasteiger partial charge in [0.2, 0.25) is 10.0 Å². The quantitative estimate of drug-likeness (QED) is 0.725. The third-order valence-electron chi connectivity index (χ3n) is 2.71. The van der Waals surface area contributed by atoms with Gasteiger partial charge in [0.05, 0.1) is 5.75 Å². The van der Waals surface area contributed by atoms with Crippen LogP contribution in [0.4, 0.5) is 0 Å². The molecule has 1 rings (SSSR count). The van der Waals surface area contributed by atoms with Gasteiger partial charge in [-0.1, -0.05) is 26.2 Å². The average molecular weight is 219 g/mol. The minimum absolute atomic E-state index is 0.337. The Labute approximate surface area is 87.5 Å². The Morgan fingerprint density at radius 2 is 1.64 bits per heavy atom. The summed E-state index contributed by atoms with van der Waals surface area (Å²) in [6, 6.07) is 0. The molecule has 0 saturated carbocycles. The molecular formula is C10H21NO2S. The highest BCUT2D eigenvalue weighted by Gasteiger charge is 2.21. The maximum Gasteiger partial charge on any atom is 0.214 e. The van der Waals surface area contributed by atoms with Gasteiger partial charge in [0.25, 0.3) is 0 Å². The van der Waals surface area contributed by atoms with E-state index in [1.807, 2.05) is 6.92 Å². The summed E-state index contributed by atoms with van der Waals surface area (Å²) in [7, 11) is -2.94. The third-order valence-corrected chi connectivity index (χ3v) is 4.67. The summed E-state index contributed by atoms with van der Waals surface area (Å²) in [5, 5.41) is 0. The Morgan fingerprint density at radius 3 is 2.14 bits per heavy atom. The molecule has 0 aromatic heterocycles. The molecule has 0 radical (unpaired) electrons. The van der Waals surface area contributed by atoms with Gasteiger partial charge in [-0.15, -0.1) is 0 Å². The first-order valence-corrected chi connectivity index (χ1v) is 7.25. The number of nitrogens with zero attached hydrogens (tertiary/aromatic N) is 1. The molecule has 0 aromatic rings. The van der Waals surface area contributed by atoms with Crippen molar-refractivity contribution in [2.24, 2.45) is 0 Å². The van der Waals surface area contributed by atoms with Gasteiger partial charge in [-0.3, -0.25) is 0 Å². The maximum atomic E-state index is 11.8. The fourth-order valence-electron chi connectivity index (χ4n) is 1.78. The SMILES string of the molecule is CCCCS(=O)(=O)N1CCCCCC1. The molecule has 0 atom stereocenters. The van der Waals surface area contributed by atoms with E-state index in [9.17, 15) is 8.42 Å². The number of unbranched alkanes of at least 4 members (excludes halogenated alkanes) is 1. The van der Waals surface area contributed by atoms with Crippen molar-refractivity contribution in [1.82, 2.24) is 4.31 Å². The topological polar surface area (TPSA) is 37.4 Å².